The van der Waals surface area contributed by atoms with E-state index in [0.29, 0.717) is 12.6 Å². The molecule has 2 rings (SSSR count). The number of rotatable bonds is 3. The zero-order valence-corrected chi connectivity index (χ0v) is 9.62. The number of thioether (sulfide) groups is 1. The standard InChI is InChI=1S/C11H17N3S/c12-9-11(10-3-1-2-4-13-10)14-5-7-15-8-6-14/h1-4,11H,5-9,12H2. The molecule has 0 amide bonds. The maximum Gasteiger partial charge on any atom is 0.0645 e. The molecule has 0 saturated carbocycles. The lowest BCUT2D eigenvalue weighted by Gasteiger charge is -2.33. The van der Waals surface area contributed by atoms with E-state index in [0.717, 1.165) is 18.8 Å². The Hall–Kier alpha value is -0.580. The number of hydrogen-bond donors (Lipinski definition) is 1. The smallest absolute Gasteiger partial charge is 0.0645 e. The first kappa shape index (κ1) is 10.9. The molecule has 0 aromatic carbocycles. The molecule has 4 heteroatoms. The molecular formula is C11H17N3S. The van der Waals surface area contributed by atoms with Gasteiger partial charge < -0.3 is 5.73 Å². The van der Waals surface area contributed by atoms with Crippen molar-refractivity contribution in [3.05, 3.63) is 30.1 Å². The van der Waals surface area contributed by atoms with Gasteiger partial charge in [0.05, 0.1) is 11.7 Å². The quantitative estimate of drug-likeness (QED) is 0.834. The molecule has 2 heterocycles. The third-order valence-corrected chi connectivity index (χ3v) is 3.68. The van der Waals surface area contributed by atoms with Crippen LogP contribution in [0.2, 0.25) is 0 Å². The summed E-state index contributed by atoms with van der Waals surface area (Å²) >= 11 is 2.02. The van der Waals surface area contributed by atoms with Gasteiger partial charge in [-0.1, -0.05) is 6.07 Å². The molecule has 1 aromatic rings. The van der Waals surface area contributed by atoms with Gasteiger partial charge in [0.1, 0.15) is 0 Å². The van der Waals surface area contributed by atoms with Crippen molar-refractivity contribution in [3.8, 4) is 0 Å². The highest BCUT2D eigenvalue weighted by Gasteiger charge is 2.21. The molecule has 1 aliphatic rings. The summed E-state index contributed by atoms with van der Waals surface area (Å²) in [6, 6.07) is 6.35. The van der Waals surface area contributed by atoms with E-state index >= 15 is 0 Å². The van der Waals surface area contributed by atoms with Crippen LogP contribution in [0.5, 0.6) is 0 Å². The van der Waals surface area contributed by atoms with Crippen molar-refractivity contribution >= 4 is 11.8 Å². The fourth-order valence-electron chi connectivity index (χ4n) is 1.92. The molecule has 0 spiro atoms. The second-order valence-electron chi connectivity index (χ2n) is 3.65. The van der Waals surface area contributed by atoms with Crippen molar-refractivity contribution in [2.45, 2.75) is 6.04 Å². The highest BCUT2D eigenvalue weighted by Crippen LogP contribution is 2.21. The van der Waals surface area contributed by atoms with E-state index in [4.69, 9.17) is 5.73 Å². The average molecular weight is 223 g/mol. The van der Waals surface area contributed by atoms with Gasteiger partial charge in [0.2, 0.25) is 0 Å². The highest BCUT2D eigenvalue weighted by molar-refractivity contribution is 7.99. The van der Waals surface area contributed by atoms with Gasteiger partial charge in [0.25, 0.3) is 0 Å². The average Bonchev–Trinajstić information content (AvgIpc) is 2.33. The molecule has 0 radical (unpaired) electrons. The van der Waals surface area contributed by atoms with Crippen LogP contribution in [0.25, 0.3) is 0 Å². The largest absolute Gasteiger partial charge is 0.329 e. The SMILES string of the molecule is NCC(c1ccccn1)N1CCSCC1. The van der Waals surface area contributed by atoms with Crippen LogP contribution in [0.3, 0.4) is 0 Å². The Morgan fingerprint density at radius 1 is 1.40 bits per heavy atom. The summed E-state index contributed by atoms with van der Waals surface area (Å²) in [7, 11) is 0. The lowest BCUT2D eigenvalue weighted by atomic mass is 10.1. The lowest BCUT2D eigenvalue weighted by Crippen LogP contribution is -2.39. The topological polar surface area (TPSA) is 42.1 Å². The van der Waals surface area contributed by atoms with Crippen molar-refractivity contribution in [3.63, 3.8) is 0 Å². The van der Waals surface area contributed by atoms with Gasteiger partial charge in [-0.3, -0.25) is 9.88 Å². The van der Waals surface area contributed by atoms with Crippen LogP contribution >= 0.6 is 11.8 Å². The van der Waals surface area contributed by atoms with Crippen molar-refractivity contribution in [2.24, 2.45) is 5.73 Å². The summed E-state index contributed by atoms with van der Waals surface area (Å²) in [6.45, 7) is 2.91. The van der Waals surface area contributed by atoms with Gasteiger partial charge in [-0.25, -0.2) is 0 Å². The minimum absolute atomic E-state index is 0.298. The molecule has 3 nitrogen and oxygen atoms in total. The molecule has 82 valence electrons. The first-order valence-electron chi connectivity index (χ1n) is 5.34. The minimum atomic E-state index is 0.298. The predicted molar refractivity (Wildman–Crippen MR) is 64.9 cm³/mol. The summed E-state index contributed by atoms with van der Waals surface area (Å²) < 4.78 is 0. The fourth-order valence-corrected chi connectivity index (χ4v) is 2.85. The summed E-state index contributed by atoms with van der Waals surface area (Å²) in [4.78, 5) is 6.84. The van der Waals surface area contributed by atoms with Gasteiger partial charge in [-0.2, -0.15) is 11.8 Å². The molecule has 1 aromatic heterocycles. The van der Waals surface area contributed by atoms with Gasteiger partial charge in [0, 0.05) is 37.3 Å². The maximum absolute atomic E-state index is 5.85. The second-order valence-corrected chi connectivity index (χ2v) is 4.88. The van der Waals surface area contributed by atoms with E-state index in [9.17, 15) is 0 Å². The Kier molecular flexibility index (Phi) is 4.00. The Labute approximate surface area is 95.1 Å². The molecule has 1 unspecified atom stereocenters. The second kappa shape index (κ2) is 5.49. The van der Waals surface area contributed by atoms with Crippen LogP contribution in [-0.2, 0) is 0 Å². The Morgan fingerprint density at radius 3 is 2.80 bits per heavy atom. The van der Waals surface area contributed by atoms with E-state index in [2.05, 4.69) is 16.0 Å². The number of hydrogen-bond acceptors (Lipinski definition) is 4. The minimum Gasteiger partial charge on any atom is -0.329 e. The third kappa shape index (κ3) is 2.71. The first-order chi connectivity index (χ1) is 7.42. The number of nitrogens with zero attached hydrogens (tertiary/aromatic N) is 2. The maximum atomic E-state index is 5.85. The van der Waals surface area contributed by atoms with Gasteiger partial charge in [-0.15, -0.1) is 0 Å². The monoisotopic (exact) mass is 223 g/mol. The highest BCUT2D eigenvalue weighted by atomic mass is 32.2. The van der Waals surface area contributed by atoms with Gasteiger partial charge in [0.15, 0.2) is 0 Å². The van der Waals surface area contributed by atoms with Gasteiger partial charge in [-0.05, 0) is 12.1 Å². The molecule has 1 saturated heterocycles. The summed E-state index contributed by atoms with van der Waals surface area (Å²) in [5.41, 5.74) is 6.95. The molecule has 0 aliphatic carbocycles. The molecule has 1 aliphatic heterocycles. The zero-order valence-electron chi connectivity index (χ0n) is 8.80. The first-order valence-corrected chi connectivity index (χ1v) is 6.50. The summed E-state index contributed by atoms with van der Waals surface area (Å²) in [5.74, 6) is 2.42. The van der Waals surface area contributed by atoms with Crippen LogP contribution in [0.4, 0.5) is 0 Å². The van der Waals surface area contributed by atoms with Gasteiger partial charge >= 0.3 is 0 Å². The Morgan fingerprint density at radius 2 is 2.20 bits per heavy atom. The molecule has 0 bridgehead atoms. The number of nitrogens with two attached hydrogens (primary N) is 1. The van der Waals surface area contributed by atoms with Crippen LogP contribution in [0.15, 0.2) is 24.4 Å². The van der Waals surface area contributed by atoms with Crippen molar-refractivity contribution in [1.29, 1.82) is 0 Å². The van der Waals surface area contributed by atoms with Crippen LogP contribution in [0.1, 0.15) is 11.7 Å². The Bertz CT molecular complexity index is 285. The Balaban J connectivity index is 2.09. The molecule has 2 N–H and O–H groups in total. The van der Waals surface area contributed by atoms with Crippen molar-refractivity contribution < 1.29 is 0 Å². The van der Waals surface area contributed by atoms with E-state index in [1.807, 2.05) is 30.1 Å². The zero-order chi connectivity index (χ0) is 10.5. The van der Waals surface area contributed by atoms with Crippen molar-refractivity contribution in [2.75, 3.05) is 31.1 Å². The predicted octanol–water partition coefficient (Wildman–Crippen LogP) is 1.13. The van der Waals surface area contributed by atoms with E-state index in [1.54, 1.807) is 0 Å². The molecule has 15 heavy (non-hydrogen) atoms. The van der Waals surface area contributed by atoms with Crippen molar-refractivity contribution in [1.82, 2.24) is 9.88 Å². The number of aromatic nitrogens is 1. The summed E-state index contributed by atoms with van der Waals surface area (Å²) in [5, 5.41) is 0. The summed E-state index contributed by atoms with van der Waals surface area (Å²) in [6.07, 6.45) is 1.84. The molecule has 1 fully saturated rings. The normalized spacial score (nSPS) is 20.1. The van der Waals surface area contributed by atoms with Crippen LogP contribution in [-0.4, -0.2) is 41.0 Å². The third-order valence-electron chi connectivity index (χ3n) is 2.74. The van der Waals surface area contributed by atoms with Crippen LogP contribution < -0.4 is 5.73 Å². The van der Waals surface area contributed by atoms with E-state index in [-0.39, 0.29) is 0 Å². The molecular weight excluding hydrogens is 206 g/mol. The van der Waals surface area contributed by atoms with E-state index < -0.39 is 0 Å². The number of pyridine rings is 1. The fraction of sp³-hybridized carbons (Fsp3) is 0.545. The lowest BCUT2D eigenvalue weighted by molar-refractivity contribution is 0.219. The van der Waals surface area contributed by atoms with E-state index in [1.165, 1.54) is 11.5 Å². The molecule has 1 atom stereocenters. The van der Waals surface area contributed by atoms with Crippen LogP contribution in [0, 0.1) is 0 Å².